The van der Waals surface area contributed by atoms with Crippen LogP contribution < -0.4 is 5.32 Å². The normalized spacial score (nSPS) is 22.8. The van der Waals surface area contributed by atoms with Crippen molar-refractivity contribution in [3.05, 3.63) is 102 Å². The van der Waals surface area contributed by atoms with Crippen LogP contribution in [0.15, 0.2) is 84.9 Å². The Labute approximate surface area is 240 Å². The number of hydrogen-bond donors (Lipinski definition) is 1. The molecule has 210 valence electrons. The summed E-state index contributed by atoms with van der Waals surface area (Å²) < 4.78 is 0. The van der Waals surface area contributed by atoms with E-state index in [1.807, 2.05) is 0 Å². The topological polar surface area (TPSA) is 38.8 Å². The third-order valence-electron chi connectivity index (χ3n) is 9.37. The second kappa shape index (κ2) is 13.0. The highest BCUT2D eigenvalue weighted by molar-refractivity contribution is 5.78. The van der Waals surface area contributed by atoms with Crippen molar-refractivity contribution in [3.63, 3.8) is 0 Å². The van der Waals surface area contributed by atoms with Crippen molar-refractivity contribution in [1.82, 2.24) is 14.7 Å². The van der Waals surface area contributed by atoms with Crippen LogP contribution >= 0.6 is 0 Å². The SMILES string of the molecule is O=C(CN1CCC(Cc2ccccc2)CC1)N1Cc2ccccc2NCC[C@@H]2CC[C@H](C1)N2Cc1ccccc1. The Morgan fingerprint density at radius 2 is 1.43 bits per heavy atom. The number of hydrogen-bond acceptors (Lipinski definition) is 4. The largest absolute Gasteiger partial charge is 0.385 e. The van der Waals surface area contributed by atoms with Crippen molar-refractivity contribution in [2.45, 2.75) is 63.7 Å². The van der Waals surface area contributed by atoms with Crippen molar-refractivity contribution in [3.8, 4) is 0 Å². The molecule has 3 aliphatic heterocycles. The number of nitrogens with zero attached hydrogens (tertiary/aromatic N) is 3. The van der Waals surface area contributed by atoms with Gasteiger partial charge in [0.1, 0.15) is 0 Å². The molecule has 2 fully saturated rings. The summed E-state index contributed by atoms with van der Waals surface area (Å²) in [5.74, 6) is 0.991. The fourth-order valence-electron chi connectivity index (χ4n) is 7.08. The zero-order chi connectivity index (χ0) is 27.1. The molecule has 0 unspecified atom stereocenters. The van der Waals surface area contributed by atoms with Gasteiger partial charge in [-0.1, -0.05) is 78.9 Å². The van der Waals surface area contributed by atoms with Gasteiger partial charge < -0.3 is 10.2 Å². The summed E-state index contributed by atoms with van der Waals surface area (Å²) in [6, 6.07) is 31.2. The lowest BCUT2D eigenvalue weighted by Crippen LogP contribution is -2.48. The van der Waals surface area contributed by atoms with Gasteiger partial charge in [0.2, 0.25) is 5.91 Å². The van der Waals surface area contributed by atoms with Crippen LogP contribution in [-0.4, -0.2) is 65.4 Å². The molecule has 1 amide bonds. The Morgan fingerprint density at radius 3 is 2.20 bits per heavy atom. The van der Waals surface area contributed by atoms with Gasteiger partial charge >= 0.3 is 0 Å². The van der Waals surface area contributed by atoms with E-state index in [-0.39, 0.29) is 5.91 Å². The molecule has 0 aliphatic carbocycles. The molecule has 3 aromatic rings. The molecule has 0 radical (unpaired) electrons. The number of piperidine rings is 1. The van der Waals surface area contributed by atoms with E-state index in [0.717, 1.165) is 52.0 Å². The van der Waals surface area contributed by atoms with Crippen molar-refractivity contribution in [1.29, 1.82) is 0 Å². The first-order valence-corrected chi connectivity index (χ1v) is 15.4. The van der Waals surface area contributed by atoms with Crippen LogP contribution in [0.4, 0.5) is 5.69 Å². The summed E-state index contributed by atoms with van der Waals surface area (Å²) in [5.41, 5.74) is 5.20. The lowest BCUT2D eigenvalue weighted by atomic mass is 9.90. The number of para-hydroxylation sites is 1. The maximum Gasteiger partial charge on any atom is 0.237 e. The predicted molar refractivity (Wildman–Crippen MR) is 163 cm³/mol. The third-order valence-corrected chi connectivity index (χ3v) is 9.37. The minimum atomic E-state index is 0.277. The van der Waals surface area contributed by atoms with E-state index in [4.69, 9.17) is 0 Å². The Bertz CT molecular complexity index is 1220. The summed E-state index contributed by atoms with van der Waals surface area (Å²) in [6.45, 7) is 5.96. The van der Waals surface area contributed by atoms with Crippen LogP contribution in [0, 0.1) is 5.92 Å². The molecule has 1 N–H and O–H groups in total. The van der Waals surface area contributed by atoms with Gasteiger partial charge in [0.25, 0.3) is 0 Å². The first-order valence-electron chi connectivity index (χ1n) is 15.4. The summed E-state index contributed by atoms with van der Waals surface area (Å²) in [7, 11) is 0. The van der Waals surface area contributed by atoms with Gasteiger partial charge in [0, 0.05) is 44.0 Å². The standard InChI is InChI=1S/C35H44N4O/c40-35(27-37-21-18-29(19-22-37)23-28-9-3-1-4-10-28)38-25-31-13-7-8-14-34(31)36-20-17-32-15-16-33(26-38)39(32)24-30-11-5-2-6-12-30/h1-14,29,32-33,36H,15-27H2/t32-,33+/m0/s1. The molecule has 0 spiro atoms. The Morgan fingerprint density at radius 1 is 0.750 bits per heavy atom. The number of fused-ring (bicyclic) bond motifs is 3. The Hall–Kier alpha value is -3.15. The van der Waals surface area contributed by atoms with Crippen LogP contribution in [0.5, 0.6) is 0 Å². The molecular weight excluding hydrogens is 492 g/mol. The summed E-state index contributed by atoms with van der Waals surface area (Å²) in [4.78, 5) is 21.3. The fraction of sp³-hybridized carbons (Fsp3) is 0.457. The molecule has 5 nitrogen and oxygen atoms in total. The molecule has 6 rings (SSSR count). The Kier molecular flexibility index (Phi) is 8.80. The molecule has 2 bridgehead atoms. The van der Waals surface area contributed by atoms with E-state index >= 15 is 0 Å². The lowest BCUT2D eigenvalue weighted by Gasteiger charge is -2.36. The van der Waals surface area contributed by atoms with E-state index in [2.05, 4.69) is 105 Å². The van der Waals surface area contributed by atoms with Gasteiger partial charge in [-0.3, -0.25) is 14.6 Å². The summed E-state index contributed by atoms with van der Waals surface area (Å²) in [6.07, 6.45) is 6.99. The number of anilines is 1. The quantitative estimate of drug-likeness (QED) is 0.431. The molecule has 40 heavy (non-hydrogen) atoms. The molecule has 2 atom stereocenters. The van der Waals surface area contributed by atoms with Gasteiger partial charge in [-0.15, -0.1) is 0 Å². The van der Waals surface area contributed by atoms with Crippen molar-refractivity contribution < 1.29 is 4.79 Å². The van der Waals surface area contributed by atoms with Crippen molar-refractivity contribution in [2.24, 2.45) is 5.92 Å². The van der Waals surface area contributed by atoms with E-state index in [9.17, 15) is 4.79 Å². The third kappa shape index (κ3) is 6.76. The second-order valence-corrected chi connectivity index (χ2v) is 12.1. The monoisotopic (exact) mass is 536 g/mol. The van der Waals surface area contributed by atoms with Gasteiger partial charge in [0.05, 0.1) is 6.54 Å². The maximum absolute atomic E-state index is 14.0. The van der Waals surface area contributed by atoms with Crippen LogP contribution in [0.3, 0.4) is 0 Å². The number of amides is 1. The highest BCUT2D eigenvalue weighted by Gasteiger charge is 2.36. The average Bonchev–Trinajstić information content (AvgIpc) is 3.34. The smallest absolute Gasteiger partial charge is 0.237 e. The number of nitrogens with one attached hydrogen (secondary N) is 1. The number of carbonyl (C=O) groups excluding carboxylic acids is 1. The van der Waals surface area contributed by atoms with E-state index < -0.39 is 0 Å². The molecule has 3 aromatic carbocycles. The van der Waals surface area contributed by atoms with E-state index in [1.54, 1.807) is 0 Å². The lowest BCUT2D eigenvalue weighted by molar-refractivity contribution is -0.134. The molecule has 0 aromatic heterocycles. The van der Waals surface area contributed by atoms with E-state index in [1.165, 1.54) is 41.6 Å². The van der Waals surface area contributed by atoms with Gasteiger partial charge in [-0.25, -0.2) is 0 Å². The minimum Gasteiger partial charge on any atom is -0.385 e. The van der Waals surface area contributed by atoms with Crippen LogP contribution in [0.1, 0.15) is 48.8 Å². The molecule has 3 heterocycles. The van der Waals surface area contributed by atoms with E-state index in [0.29, 0.717) is 31.1 Å². The first-order chi connectivity index (χ1) is 19.7. The second-order valence-electron chi connectivity index (χ2n) is 12.1. The number of carbonyl (C=O) groups is 1. The van der Waals surface area contributed by atoms with Crippen molar-refractivity contribution >= 4 is 11.6 Å². The average molecular weight is 537 g/mol. The molecule has 5 heteroatoms. The fourth-order valence-corrected chi connectivity index (χ4v) is 7.08. The van der Waals surface area contributed by atoms with Crippen molar-refractivity contribution in [2.75, 3.05) is 38.0 Å². The zero-order valence-electron chi connectivity index (χ0n) is 23.8. The summed E-state index contributed by atoms with van der Waals surface area (Å²) in [5, 5.41) is 3.72. The van der Waals surface area contributed by atoms with Crippen LogP contribution in [0.25, 0.3) is 0 Å². The number of benzene rings is 3. The van der Waals surface area contributed by atoms with Crippen LogP contribution in [-0.2, 0) is 24.3 Å². The molecule has 0 saturated carbocycles. The zero-order valence-corrected chi connectivity index (χ0v) is 23.8. The molecule has 3 aliphatic rings. The van der Waals surface area contributed by atoms with Gasteiger partial charge in [0.15, 0.2) is 0 Å². The highest BCUT2D eigenvalue weighted by atomic mass is 16.2. The molecular formula is C35H44N4O. The number of rotatable bonds is 6. The van der Waals surface area contributed by atoms with Gasteiger partial charge in [-0.05, 0) is 80.3 Å². The molecule has 2 saturated heterocycles. The Balaban J connectivity index is 1.15. The summed E-state index contributed by atoms with van der Waals surface area (Å²) >= 11 is 0. The number of likely N-dealkylation sites (tertiary alicyclic amines) is 1. The first kappa shape index (κ1) is 27.0. The van der Waals surface area contributed by atoms with Gasteiger partial charge in [-0.2, -0.15) is 0 Å². The van der Waals surface area contributed by atoms with Crippen LogP contribution in [0.2, 0.25) is 0 Å². The maximum atomic E-state index is 14.0. The highest BCUT2D eigenvalue weighted by Crippen LogP contribution is 2.31. The predicted octanol–water partition coefficient (Wildman–Crippen LogP) is 5.82. The minimum absolute atomic E-state index is 0.277.